The normalized spacial score (nSPS) is 20.5. The van der Waals surface area contributed by atoms with Gasteiger partial charge in [0.2, 0.25) is 0 Å². The highest BCUT2D eigenvalue weighted by Crippen LogP contribution is 2.32. The summed E-state index contributed by atoms with van der Waals surface area (Å²) in [5.74, 6) is -0.146. The Hall–Kier alpha value is -1.59. The Labute approximate surface area is 137 Å². The molecule has 1 aliphatic heterocycles. The molecule has 0 spiro atoms. The third-order valence-electron chi connectivity index (χ3n) is 4.93. The van der Waals surface area contributed by atoms with Gasteiger partial charge < -0.3 is 19.6 Å². The van der Waals surface area contributed by atoms with Gasteiger partial charge in [0.1, 0.15) is 5.60 Å². The largest absolute Gasteiger partial charge is 0.380 e. The van der Waals surface area contributed by atoms with E-state index in [1.807, 2.05) is 12.1 Å². The van der Waals surface area contributed by atoms with Gasteiger partial charge in [-0.15, -0.1) is 0 Å². The molecule has 0 bridgehead atoms. The third-order valence-corrected chi connectivity index (χ3v) is 4.93. The van der Waals surface area contributed by atoms with E-state index in [0.29, 0.717) is 19.4 Å². The van der Waals surface area contributed by atoms with Gasteiger partial charge in [0.05, 0.1) is 13.2 Å². The lowest BCUT2D eigenvalue weighted by atomic mass is 10.0. The van der Waals surface area contributed by atoms with Crippen molar-refractivity contribution in [3.8, 4) is 0 Å². The summed E-state index contributed by atoms with van der Waals surface area (Å²) in [6, 6.07) is 8.19. The second-order valence-electron chi connectivity index (χ2n) is 6.63. The minimum atomic E-state index is -1.15. The zero-order valence-electron chi connectivity index (χ0n) is 13.8. The number of carbonyl (C=O) groups is 1. The number of aliphatic hydroxyl groups is 1. The number of amides is 1. The fraction of sp³-hybridized carbons (Fsp3) is 0.611. The molecule has 1 saturated carbocycles. The van der Waals surface area contributed by atoms with Crippen molar-refractivity contribution in [1.82, 2.24) is 4.90 Å². The number of para-hydroxylation sites is 1. The van der Waals surface area contributed by atoms with Crippen LogP contribution >= 0.6 is 0 Å². The first-order chi connectivity index (χ1) is 11.1. The van der Waals surface area contributed by atoms with E-state index in [1.165, 1.54) is 0 Å². The zero-order valence-corrected chi connectivity index (χ0v) is 13.8. The molecule has 1 aliphatic carbocycles. The molecule has 1 heterocycles. The highest BCUT2D eigenvalue weighted by atomic mass is 16.5. The van der Waals surface area contributed by atoms with E-state index in [2.05, 4.69) is 17.0 Å². The molecule has 0 unspecified atom stereocenters. The minimum Gasteiger partial charge on any atom is -0.380 e. The number of rotatable bonds is 4. The highest BCUT2D eigenvalue weighted by molar-refractivity contribution is 5.85. The van der Waals surface area contributed by atoms with Crippen LogP contribution in [0.3, 0.4) is 0 Å². The summed E-state index contributed by atoms with van der Waals surface area (Å²) in [7, 11) is 1.79. The van der Waals surface area contributed by atoms with Crippen molar-refractivity contribution in [2.75, 3.05) is 38.3 Å². The van der Waals surface area contributed by atoms with Crippen LogP contribution in [0.25, 0.3) is 0 Å². The van der Waals surface area contributed by atoms with Crippen molar-refractivity contribution in [3.05, 3.63) is 29.8 Å². The minimum absolute atomic E-state index is 0.146. The van der Waals surface area contributed by atoms with Crippen molar-refractivity contribution in [3.63, 3.8) is 0 Å². The number of carbonyl (C=O) groups excluding carboxylic acids is 1. The average molecular weight is 318 g/mol. The molecule has 3 rings (SSSR count). The van der Waals surface area contributed by atoms with Crippen LogP contribution in [0.15, 0.2) is 24.3 Å². The quantitative estimate of drug-likeness (QED) is 0.919. The van der Waals surface area contributed by atoms with E-state index < -0.39 is 5.60 Å². The van der Waals surface area contributed by atoms with Crippen molar-refractivity contribution >= 4 is 11.6 Å². The summed E-state index contributed by atoms with van der Waals surface area (Å²) >= 11 is 0. The Bertz CT molecular complexity index is 549. The standard InChI is InChI=1S/C18H26N2O3/c1-19(17(21)18(22)8-4-5-9-18)14-15-6-2-3-7-16(15)20-10-12-23-13-11-20/h2-3,6-7,22H,4-5,8-14H2,1H3. The van der Waals surface area contributed by atoms with Gasteiger partial charge in [-0.1, -0.05) is 18.2 Å². The molecule has 2 fully saturated rings. The maximum absolute atomic E-state index is 12.6. The van der Waals surface area contributed by atoms with E-state index in [-0.39, 0.29) is 5.91 Å². The molecule has 0 aromatic heterocycles. The smallest absolute Gasteiger partial charge is 0.254 e. The van der Waals surface area contributed by atoms with Crippen LogP contribution in [0.2, 0.25) is 0 Å². The molecule has 23 heavy (non-hydrogen) atoms. The Morgan fingerprint density at radius 1 is 1.26 bits per heavy atom. The number of hydrogen-bond donors (Lipinski definition) is 1. The Morgan fingerprint density at radius 2 is 1.91 bits per heavy atom. The lowest BCUT2D eigenvalue weighted by Gasteiger charge is -2.32. The topological polar surface area (TPSA) is 53.0 Å². The second kappa shape index (κ2) is 6.89. The first-order valence-electron chi connectivity index (χ1n) is 8.49. The number of benzene rings is 1. The summed E-state index contributed by atoms with van der Waals surface area (Å²) < 4.78 is 5.42. The van der Waals surface area contributed by atoms with E-state index in [9.17, 15) is 9.90 Å². The summed E-state index contributed by atoms with van der Waals surface area (Å²) in [4.78, 5) is 16.6. The summed E-state index contributed by atoms with van der Waals surface area (Å²) in [6.07, 6.45) is 3.03. The van der Waals surface area contributed by atoms with Crippen molar-refractivity contribution in [2.24, 2.45) is 0 Å². The van der Waals surface area contributed by atoms with E-state index >= 15 is 0 Å². The molecule has 5 heteroatoms. The molecular formula is C18H26N2O3. The monoisotopic (exact) mass is 318 g/mol. The SMILES string of the molecule is CN(Cc1ccccc1N1CCOCC1)C(=O)C1(O)CCCC1. The van der Waals surface area contributed by atoms with Gasteiger partial charge in [-0.3, -0.25) is 4.79 Å². The molecule has 2 aliphatic rings. The fourth-order valence-electron chi connectivity index (χ4n) is 3.61. The maximum Gasteiger partial charge on any atom is 0.254 e. The molecular weight excluding hydrogens is 292 g/mol. The summed E-state index contributed by atoms with van der Waals surface area (Å²) in [5, 5.41) is 10.5. The fourth-order valence-corrected chi connectivity index (χ4v) is 3.61. The van der Waals surface area contributed by atoms with Crippen LogP contribution in [0, 0.1) is 0 Å². The van der Waals surface area contributed by atoms with Gasteiger partial charge in [0.15, 0.2) is 0 Å². The Morgan fingerprint density at radius 3 is 2.61 bits per heavy atom. The predicted molar refractivity (Wildman–Crippen MR) is 89.4 cm³/mol. The van der Waals surface area contributed by atoms with E-state index in [0.717, 1.165) is 50.4 Å². The lowest BCUT2D eigenvalue weighted by Crippen LogP contribution is -2.45. The predicted octanol–water partition coefficient (Wildman–Crippen LogP) is 1.79. The van der Waals surface area contributed by atoms with E-state index in [1.54, 1.807) is 11.9 Å². The van der Waals surface area contributed by atoms with Crippen LogP contribution in [-0.2, 0) is 16.1 Å². The highest BCUT2D eigenvalue weighted by Gasteiger charge is 2.40. The maximum atomic E-state index is 12.6. The lowest BCUT2D eigenvalue weighted by molar-refractivity contribution is -0.149. The molecule has 1 amide bonds. The number of morpholine rings is 1. The number of ether oxygens (including phenoxy) is 1. The molecule has 1 saturated heterocycles. The second-order valence-corrected chi connectivity index (χ2v) is 6.63. The van der Waals surface area contributed by atoms with Gasteiger partial charge in [-0.2, -0.15) is 0 Å². The molecule has 1 aromatic carbocycles. The van der Waals surface area contributed by atoms with Gasteiger partial charge >= 0.3 is 0 Å². The van der Waals surface area contributed by atoms with Gasteiger partial charge in [-0.05, 0) is 37.3 Å². The van der Waals surface area contributed by atoms with Crippen molar-refractivity contribution in [1.29, 1.82) is 0 Å². The van der Waals surface area contributed by atoms with Crippen LogP contribution in [0.4, 0.5) is 5.69 Å². The van der Waals surface area contributed by atoms with Crippen molar-refractivity contribution in [2.45, 2.75) is 37.8 Å². The van der Waals surface area contributed by atoms with Crippen LogP contribution in [-0.4, -0.2) is 54.9 Å². The molecule has 1 N–H and O–H groups in total. The van der Waals surface area contributed by atoms with Gasteiger partial charge in [-0.25, -0.2) is 0 Å². The van der Waals surface area contributed by atoms with Crippen molar-refractivity contribution < 1.29 is 14.6 Å². The van der Waals surface area contributed by atoms with Crippen LogP contribution in [0.5, 0.6) is 0 Å². The number of hydrogen-bond acceptors (Lipinski definition) is 4. The first-order valence-corrected chi connectivity index (χ1v) is 8.49. The average Bonchev–Trinajstić information content (AvgIpc) is 3.03. The molecule has 0 atom stereocenters. The summed E-state index contributed by atoms with van der Waals surface area (Å²) in [5.41, 5.74) is 1.13. The number of nitrogens with zero attached hydrogens (tertiary/aromatic N) is 2. The first kappa shape index (κ1) is 16.3. The molecule has 0 radical (unpaired) electrons. The number of anilines is 1. The third kappa shape index (κ3) is 3.51. The van der Waals surface area contributed by atoms with E-state index in [4.69, 9.17) is 4.74 Å². The van der Waals surface area contributed by atoms with Gasteiger partial charge in [0.25, 0.3) is 5.91 Å². The number of likely N-dealkylation sites (N-methyl/N-ethyl adjacent to an activating group) is 1. The molecule has 5 nitrogen and oxygen atoms in total. The summed E-state index contributed by atoms with van der Waals surface area (Å²) in [6.45, 7) is 3.75. The molecule has 1 aromatic rings. The zero-order chi connectivity index (χ0) is 16.3. The Kier molecular flexibility index (Phi) is 4.87. The van der Waals surface area contributed by atoms with Gasteiger partial charge in [0, 0.05) is 32.4 Å². The van der Waals surface area contributed by atoms with Crippen LogP contribution in [0.1, 0.15) is 31.2 Å². The molecule has 126 valence electrons. The van der Waals surface area contributed by atoms with Crippen LogP contribution < -0.4 is 4.90 Å². The Balaban J connectivity index is 1.73.